The van der Waals surface area contributed by atoms with E-state index in [0.29, 0.717) is 45.3 Å². The molecule has 0 unspecified atom stereocenters. The fourth-order valence-electron chi connectivity index (χ4n) is 3.60. The van der Waals surface area contributed by atoms with Gasteiger partial charge in [0.2, 0.25) is 0 Å². The van der Waals surface area contributed by atoms with E-state index in [1.54, 1.807) is 62.4 Å². The van der Waals surface area contributed by atoms with E-state index in [1.807, 2.05) is 0 Å². The number of aromatic nitrogens is 2. The zero-order valence-electron chi connectivity index (χ0n) is 20.1. The smallest absolute Gasteiger partial charge is 0.287 e. The summed E-state index contributed by atoms with van der Waals surface area (Å²) in [4.78, 5) is 24.1. The van der Waals surface area contributed by atoms with E-state index in [-0.39, 0.29) is 23.0 Å². The number of halogens is 2. The van der Waals surface area contributed by atoms with Crippen LogP contribution in [0.2, 0.25) is 0 Å². The second-order valence-corrected chi connectivity index (χ2v) is 9.29. The van der Waals surface area contributed by atoms with Crippen LogP contribution in [0.1, 0.15) is 32.0 Å². The Balaban J connectivity index is 1.80. The molecule has 4 aromatic rings. The van der Waals surface area contributed by atoms with Gasteiger partial charge in [-0.1, -0.05) is 12.1 Å². The first-order valence-corrected chi connectivity index (χ1v) is 12.0. The number of hydrogen-bond acceptors (Lipinski definition) is 7. The molecule has 2 aromatic carbocycles. The molecule has 0 bridgehead atoms. The summed E-state index contributed by atoms with van der Waals surface area (Å²) in [5, 5.41) is 13.7. The predicted octanol–water partition coefficient (Wildman–Crippen LogP) is 4.81. The Kier molecular flexibility index (Phi) is 7.35. The molecule has 0 aliphatic heterocycles. The minimum atomic E-state index is -3.34. The second kappa shape index (κ2) is 10.5. The van der Waals surface area contributed by atoms with Crippen molar-refractivity contribution in [3.8, 4) is 5.69 Å². The highest BCUT2D eigenvalue weighted by Crippen LogP contribution is 2.28. The van der Waals surface area contributed by atoms with Crippen molar-refractivity contribution in [2.45, 2.75) is 37.7 Å². The molecule has 0 aliphatic carbocycles. The van der Waals surface area contributed by atoms with Crippen molar-refractivity contribution in [3.05, 3.63) is 108 Å². The largest absolute Gasteiger partial charge is 0.481 e. The van der Waals surface area contributed by atoms with Crippen LogP contribution in [0.3, 0.4) is 0 Å². The van der Waals surface area contributed by atoms with Crippen molar-refractivity contribution in [1.29, 1.82) is 0 Å². The average Bonchev–Trinajstić information content (AvgIpc) is 3.45. The van der Waals surface area contributed by atoms with Crippen LogP contribution in [-0.2, 0) is 10.7 Å². The Labute approximate surface area is 213 Å². The van der Waals surface area contributed by atoms with Gasteiger partial charge in [0.15, 0.2) is 0 Å². The SMILES string of the molecule is CC(C)OC(O)=c1ccc(=c2ccc(=Cc3c(C(C)(F)F)[nH]n(-c4ccc(SN=O)cc4)c3=O)o2)cc1. The van der Waals surface area contributed by atoms with E-state index < -0.39 is 17.2 Å². The van der Waals surface area contributed by atoms with E-state index in [1.165, 1.54) is 18.2 Å². The number of nitrogens with one attached hydrogen (secondary N) is 1. The third-order valence-electron chi connectivity index (χ3n) is 5.28. The number of alkyl halides is 2. The Bertz CT molecular complexity index is 1680. The number of nitroso groups, excluding NO2 is 1. The topological polar surface area (TPSA) is 110 Å². The van der Waals surface area contributed by atoms with Gasteiger partial charge in [-0.25, -0.2) is 4.68 Å². The van der Waals surface area contributed by atoms with Gasteiger partial charge in [0.1, 0.15) is 16.5 Å². The highest BCUT2D eigenvalue weighted by atomic mass is 32.2. The fraction of sp³-hybridized carbons (Fsp3) is 0.192. The molecule has 11 heteroatoms. The van der Waals surface area contributed by atoms with Crippen LogP contribution in [0.25, 0.3) is 17.7 Å². The molecule has 0 spiro atoms. The van der Waals surface area contributed by atoms with Crippen LogP contribution < -0.4 is 16.2 Å². The number of aliphatic hydroxyl groups is 1. The highest BCUT2D eigenvalue weighted by molar-refractivity contribution is 7.98. The molecule has 0 fully saturated rings. The van der Waals surface area contributed by atoms with Crippen molar-refractivity contribution in [2.24, 2.45) is 4.58 Å². The number of H-pyrrole nitrogens is 1. The molecular formula is C26H23F2N3O5S. The molecule has 8 nitrogen and oxygen atoms in total. The molecule has 2 N–H and O–H groups in total. The number of nitrogens with zero attached hydrogens (tertiary/aromatic N) is 2. The summed E-state index contributed by atoms with van der Waals surface area (Å²) >= 11 is 0.716. The molecule has 2 aromatic heterocycles. The normalized spacial score (nSPS) is 12.2. The van der Waals surface area contributed by atoms with E-state index in [9.17, 15) is 23.6 Å². The van der Waals surface area contributed by atoms with Crippen LogP contribution in [0.5, 0.6) is 0 Å². The van der Waals surface area contributed by atoms with Crippen LogP contribution in [0, 0.1) is 15.5 Å². The van der Waals surface area contributed by atoms with Crippen molar-refractivity contribution in [1.82, 2.24) is 9.78 Å². The van der Waals surface area contributed by atoms with Gasteiger partial charge in [-0.3, -0.25) is 9.89 Å². The monoisotopic (exact) mass is 527 g/mol. The van der Waals surface area contributed by atoms with E-state index in [4.69, 9.17) is 9.15 Å². The van der Waals surface area contributed by atoms with Gasteiger partial charge in [0, 0.05) is 21.6 Å². The second-order valence-electron chi connectivity index (χ2n) is 8.48. The molecule has 4 rings (SSSR count). The molecule has 0 atom stereocenters. The maximum atomic E-state index is 14.4. The van der Waals surface area contributed by atoms with Gasteiger partial charge in [0.25, 0.3) is 17.4 Å². The van der Waals surface area contributed by atoms with Gasteiger partial charge in [-0.2, -0.15) is 8.78 Å². The van der Waals surface area contributed by atoms with Gasteiger partial charge < -0.3 is 14.3 Å². The summed E-state index contributed by atoms with van der Waals surface area (Å²) < 4.78 is 43.7. The van der Waals surface area contributed by atoms with Crippen molar-refractivity contribution < 1.29 is 23.0 Å². The molecule has 0 saturated carbocycles. The highest BCUT2D eigenvalue weighted by Gasteiger charge is 2.32. The number of aromatic amines is 1. The molecular weight excluding hydrogens is 504 g/mol. The zero-order valence-corrected chi connectivity index (χ0v) is 20.9. The minimum Gasteiger partial charge on any atom is -0.481 e. The maximum absolute atomic E-state index is 14.4. The van der Waals surface area contributed by atoms with Crippen LogP contribution in [0.15, 0.2) is 79.4 Å². The third kappa shape index (κ3) is 5.83. The van der Waals surface area contributed by atoms with E-state index >= 15 is 0 Å². The molecule has 2 heterocycles. The molecule has 192 valence electrons. The lowest BCUT2D eigenvalue weighted by molar-refractivity contribution is 0.0122. The lowest BCUT2D eigenvalue weighted by atomic mass is 10.1. The molecule has 0 saturated heterocycles. The van der Waals surface area contributed by atoms with Crippen molar-refractivity contribution in [3.63, 3.8) is 0 Å². The van der Waals surface area contributed by atoms with Crippen LogP contribution in [0.4, 0.5) is 8.78 Å². The number of benzene rings is 2. The fourth-order valence-corrected chi connectivity index (χ4v) is 3.94. The van der Waals surface area contributed by atoms with Gasteiger partial charge >= 0.3 is 0 Å². The first-order chi connectivity index (χ1) is 17.6. The van der Waals surface area contributed by atoms with Gasteiger partial charge in [-0.05, 0) is 68.5 Å². The third-order valence-corrected chi connectivity index (χ3v) is 5.84. The summed E-state index contributed by atoms with van der Waals surface area (Å²) in [5.41, 5.74) is -0.545. The molecule has 0 amide bonds. The zero-order chi connectivity index (χ0) is 26.7. The first-order valence-electron chi connectivity index (χ1n) is 11.2. The quantitative estimate of drug-likeness (QED) is 0.264. The van der Waals surface area contributed by atoms with Gasteiger partial charge in [0.05, 0.1) is 34.5 Å². The number of rotatable bonds is 7. The summed E-state index contributed by atoms with van der Waals surface area (Å²) in [5.74, 6) is -3.53. The van der Waals surface area contributed by atoms with Crippen LogP contribution in [-0.4, -0.2) is 21.0 Å². The standard InChI is InChI=1S/C26H23F2N3O5S/c1-15(2)35-25(33)17-6-4-16(5-7-17)22-13-10-19(36-22)14-21-23(26(3,27)28)29-31(24(21)32)18-8-11-20(12-9-18)37-30-34/h4-15,29,33H,1-3H3. The van der Waals surface area contributed by atoms with Crippen molar-refractivity contribution in [2.75, 3.05) is 0 Å². The summed E-state index contributed by atoms with van der Waals surface area (Å²) in [7, 11) is 0. The Hall–Kier alpha value is -4.12. The first kappa shape index (κ1) is 26.0. The lowest BCUT2D eigenvalue weighted by Gasteiger charge is -2.08. The average molecular weight is 528 g/mol. The number of ether oxygens (including phenoxy) is 1. The predicted molar refractivity (Wildman–Crippen MR) is 136 cm³/mol. The van der Waals surface area contributed by atoms with Crippen LogP contribution >= 0.6 is 11.9 Å². The Morgan fingerprint density at radius 3 is 2.41 bits per heavy atom. The Morgan fingerprint density at radius 2 is 1.81 bits per heavy atom. The molecule has 0 aliphatic rings. The summed E-state index contributed by atoms with van der Waals surface area (Å²) in [6, 6.07) is 16.1. The van der Waals surface area contributed by atoms with Crippen molar-refractivity contribution >= 4 is 24.0 Å². The summed E-state index contributed by atoms with van der Waals surface area (Å²) in [6.45, 7) is 4.29. The number of aliphatic hydroxyl groups excluding tert-OH is 1. The van der Waals surface area contributed by atoms with E-state index in [0.717, 1.165) is 4.68 Å². The van der Waals surface area contributed by atoms with E-state index in [2.05, 4.69) is 9.68 Å². The Morgan fingerprint density at radius 1 is 1.14 bits per heavy atom. The molecule has 37 heavy (non-hydrogen) atoms. The summed E-state index contributed by atoms with van der Waals surface area (Å²) in [6.07, 6.45) is 1.08. The number of hydrogen-bond donors (Lipinski definition) is 2. The lowest BCUT2D eigenvalue weighted by Crippen LogP contribution is -2.17. The minimum absolute atomic E-state index is 0.181. The maximum Gasteiger partial charge on any atom is 0.287 e. The molecule has 0 radical (unpaired) electrons. The number of furan rings is 1. The van der Waals surface area contributed by atoms with Gasteiger partial charge in [-0.15, -0.1) is 4.91 Å².